The van der Waals surface area contributed by atoms with Crippen LogP contribution in [0.4, 0.5) is 11.8 Å². The summed E-state index contributed by atoms with van der Waals surface area (Å²) in [5, 5.41) is 4.14. The van der Waals surface area contributed by atoms with E-state index in [4.69, 9.17) is 33.7 Å². The first-order valence-corrected chi connectivity index (χ1v) is 8.84. The third-order valence-electron chi connectivity index (χ3n) is 3.67. The van der Waals surface area contributed by atoms with E-state index in [1.807, 2.05) is 42.5 Å². The second-order valence-corrected chi connectivity index (χ2v) is 6.43. The third kappa shape index (κ3) is 5.00. The molecule has 3 aromatic rings. The number of para-hydroxylation sites is 1. The Balaban J connectivity index is 1.54. The van der Waals surface area contributed by atoms with E-state index in [0.717, 1.165) is 16.9 Å². The van der Waals surface area contributed by atoms with Gasteiger partial charge in [-0.3, -0.25) is 0 Å². The molecule has 0 amide bonds. The first kappa shape index (κ1) is 18.3. The van der Waals surface area contributed by atoms with Crippen molar-refractivity contribution in [2.24, 2.45) is 0 Å². The molecule has 26 heavy (non-hydrogen) atoms. The first-order chi connectivity index (χ1) is 12.6. The molecule has 0 spiro atoms. The molecule has 0 atom stereocenters. The quantitative estimate of drug-likeness (QED) is 0.585. The van der Waals surface area contributed by atoms with Crippen LogP contribution in [0.25, 0.3) is 0 Å². The molecular weight excluding hydrogens is 371 g/mol. The Bertz CT molecular complexity index is 875. The molecule has 3 rings (SSSR count). The van der Waals surface area contributed by atoms with Crippen molar-refractivity contribution in [2.75, 3.05) is 24.2 Å². The predicted molar refractivity (Wildman–Crippen MR) is 106 cm³/mol. The SMILES string of the molecule is Nc1nc(NCCOc2ccccc2)ncc1Cc1ccc(Cl)c(Cl)c1. The minimum absolute atomic E-state index is 0.428. The summed E-state index contributed by atoms with van der Waals surface area (Å²) >= 11 is 12.0. The van der Waals surface area contributed by atoms with Crippen LogP contribution in [-0.2, 0) is 6.42 Å². The molecule has 0 aliphatic carbocycles. The smallest absolute Gasteiger partial charge is 0.224 e. The lowest BCUT2D eigenvalue weighted by atomic mass is 10.1. The number of hydrogen-bond acceptors (Lipinski definition) is 5. The first-order valence-electron chi connectivity index (χ1n) is 8.09. The van der Waals surface area contributed by atoms with Gasteiger partial charge in [0.2, 0.25) is 5.95 Å². The van der Waals surface area contributed by atoms with Crippen LogP contribution < -0.4 is 15.8 Å². The topological polar surface area (TPSA) is 73.1 Å². The van der Waals surface area contributed by atoms with Crippen molar-refractivity contribution in [2.45, 2.75) is 6.42 Å². The maximum atomic E-state index is 6.05. The van der Waals surface area contributed by atoms with Crippen LogP contribution in [0.15, 0.2) is 54.7 Å². The fourth-order valence-electron chi connectivity index (χ4n) is 2.36. The van der Waals surface area contributed by atoms with Gasteiger partial charge in [0.05, 0.1) is 16.6 Å². The molecule has 0 radical (unpaired) electrons. The average molecular weight is 389 g/mol. The van der Waals surface area contributed by atoms with Crippen molar-refractivity contribution in [1.82, 2.24) is 9.97 Å². The van der Waals surface area contributed by atoms with Gasteiger partial charge in [0, 0.05) is 18.2 Å². The zero-order valence-corrected chi connectivity index (χ0v) is 15.5. The van der Waals surface area contributed by atoms with Crippen LogP contribution in [0.2, 0.25) is 10.0 Å². The van der Waals surface area contributed by atoms with Gasteiger partial charge >= 0.3 is 0 Å². The number of benzene rings is 2. The van der Waals surface area contributed by atoms with Crippen LogP contribution in [0.3, 0.4) is 0 Å². The molecule has 5 nitrogen and oxygen atoms in total. The number of nitrogen functional groups attached to an aromatic ring is 1. The zero-order chi connectivity index (χ0) is 18.4. The Hall–Kier alpha value is -2.50. The summed E-state index contributed by atoms with van der Waals surface area (Å²) < 4.78 is 5.61. The number of rotatable bonds is 7. The summed E-state index contributed by atoms with van der Waals surface area (Å²) in [7, 11) is 0. The Kier molecular flexibility index (Phi) is 6.15. The summed E-state index contributed by atoms with van der Waals surface area (Å²) in [5.41, 5.74) is 7.87. The van der Waals surface area contributed by atoms with Crippen LogP contribution >= 0.6 is 23.2 Å². The van der Waals surface area contributed by atoms with Crippen LogP contribution in [0, 0.1) is 0 Å². The number of nitrogens with one attached hydrogen (secondary N) is 1. The Morgan fingerprint density at radius 2 is 1.85 bits per heavy atom. The molecule has 3 N–H and O–H groups in total. The van der Waals surface area contributed by atoms with Gasteiger partial charge in [0.1, 0.15) is 18.2 Å². The van der Waals surface area contributed by atoms with E-state index in [0.29, 0.717) is 41.4 Å². The number of nitrogens with two attached hydrogens (primary N) is 1. The van der Waals surface area contributed by atoms with E-state index in [1.54, 1.807) is 12.3 Å². The summed E-state index contributed by atoms with van der Waals surface area (Å²) in [4.78, 5) is 8.60. The predicted octanol–water partition coefficient (Wildman–Crippen LogP) is 4.45. The van der Waals surface area contributed by atoms with E-state index < -0.39 is 0 Å². The molecule has 0 aliphatic rings. The van der Waals surface area contributed by atoms with Gasteiger partial charge in [0.15, 0.2) is 0 Å². The largest absolute Gasteiger partial charge is 0.492 e. The second-order valence-electron chi connectivity index (χ2n) is 5.62. The van der Waals surface area contributed by atoms with Crippen LogP contribution in [0.1, 0.15) is 11.1 Å². The zero-order valence-electron chi connectivity index (χ0n) is 14.0. The lowest BCUT2D eigenvalue weighted by Crippen LogP contribution is -2.14. The minimum atomic E-state index is 0.428. The number of anilines is 2. The summed E-state index contributed by atoms with van der Waals surface area (Å²) in [6, 6.07) is 15.1. The molecular formula is C19H18Cl2N4O. The molecule has 0 fully saturated rings. The van der Waals surface area contributed by atoms with Gasteiger partial charge in [-0.25, -0.2) is 4.98 Å². The van der Waals surface area contributed by atoms with Crippen molar-refractivity contribution >= 4 is 35.0 Å². The van der Waals surface area contributed by atoms with Crippen molar-refractivity contribution in [3.63, 3.8) is 0 Å². The highest BCUT2D eigenvalue weighted by Gasteiger charge is 2.07. The third-order valence-corrected chi connectivity index (χ3v) is 4.41. The minimum Gasteiger partial charge on any atom is -0.492 e. The van der Waals surface area contributed by atoms with E-state index in [2.05, 4.69) is 15.3 Å². The summed E-state index contributed by atoms with van der Waals surface area (Å²) in [6.45, 7) is 1.07. The molecule has 1 aromatic heterocycles. The normalized spacial score (nSPS) is 10.5. The molecule has 0 bridgehead atoms. The Labute approximate surface area is 162 Å². The number of nitrogens with zero attached hydrogens (tertiary/aromatic N) is 2. The van der Waals surface area contributed by atoms with Gasteiger partial charge in [0.25, 0.3) is 0 Å². The summed E-state index contributed by atoms with van der Waals surface area (Å²) in [5.74, 6) is 1.72. The standard InChI is InChI=1S/C19H18Cl2N4O/c20-16-7-6-13(11-17(16)21)10-14-12-24-19(25-18(14)22)23-8-9-26-15-4-2-1-3-5-15/h1-7,11-12H,8-10H2,(H3,22,23,24,25). The van der Waals surface area contributed by atoms with E-state index in [1.165, 1.54) is 0 Å². The molecule has 134 valence electrons. The lowest BCUT2D eigenvalue weighted by molar-refractivity contribution is 0.332. The fraction of sp³-hybridized carbons (Fsp3) is 0.158. The average Bonchev–Trinajstić information content (AvgIpc) is 2.65. The fourth-order valence-corrected chi connectivity index (χ4v) is 2.68. The maximum absolute atomic E-state index is 6.05. The molecule has 0 saturated carbocycles. The highest BCUT2D eigenvalue weighted by Crippen LogP contribution is 2.24. The summed E-state index contributed by atoms with van der Waals surface area (Å²) in [6.07, 6.45) is 2.30. The second kappa shape index (κ2) is 8.74. The highest BCUT2D eigenvalue weighted by molar-refractivity contribution is 6.42. The Morgan fingerprint density at radius 3 is 2.58 bits per heavy atom. The monoisotopic (exact) mass is 388 g/mol. The van der Waals surface area contributed by atoms with Gasteiger partial charge in [-0.05, 0) is 29.8 Å². The number of hydrogen-bond donors (Lipinski definition) is 2. The highest BCUT2D eigenvalue weighted by atomic mass is 35.5. The van der Waals surface area contributed by atoms with Gasteiger partial charge in [-0.1, -0.05) is 47.5 Å². The van der Waals surface area contributed by atoms with Crippen molar-refractivity contribution < 1.29 is 4.74 Å². The van der Waals surface area contributed by atoms with Crippen molar-refractivity contribution in [1.29, 1.82) is 0 Å². The Morgan fingerprint density at radius 1 is 1.04 bits per heavy atom. The molecule has 7 heteroatoms. The maximum Gasteiger partial charge on any atom is 0.224 e. The van der Waals surface area contributed by atoms with Crippen LogP contribution in [0.5, 0.6) is 5.75 Å². The van der Waals surface area contributed by atoms with E-state index >= 15 is 0 Å². The molecule has 1 heterocycles. The van der Waals surface area contributed by atoms with Gasteiger partial charge in [-0.15, -0.1) is 0 Å². The molecule has 0 aliphatic heterocycles. The van der Waals surface area contributed by atoms with E-state index in [9.17, 15) is 0 Å². The molecule has 2 aromatic carbocycles. The number of aromatic nitrogens is 2. The lowest BCUT2D eigenvalue weighted by Gasteiger charge is -2.10. The van der Waals surface area contributed by atoms with Crippen molar-refractivity contribution in [3.8, 4) is 5.75 Å². The van der Waals surface area contributed by atoms with E-state index in [-0.39, 0.29) is 0 Å². The number of halogens is 2. The number of ether oxygens (including phenoxy) is 1. The van der Waals surface area contributed by atoms with Gasteiger partial charge < -0.3 is 15.8 Å². The van der Waals surface area contributed by atoms with Crippen molar-refractivity contribution in [3.05, 3.63) is 75.9 Å². The molecule has 0 saturated heterocycles. The van der Waals surface area contributed by atoms with Gasteiger partial charge in [-0.2, -0.15) is 4.98 Å². The van der Waals surface area contributed by atoms with Crippen LogP contribution in [-0.4, -0.2) is 23.1 Å². The molecule has 0 unspecified atom stereocenters.